The highest BCUT2D eigenvalue weighted by atomic mass is 19.1. The Balaban J connectivity index is 2.39. The molecule has 1 saturated heterocycles. The van der Waals surface area contributed by atoms with Gasteiger partial charge in [0.15, 0.2) is 11.6 Å². The molecule has 0 bridgehead atoms. The number of halogens is 1. The number of nitrogens with zero attached hydrogens (tertiary/aromatic N) is 2. The van der Waals surface area contributed by atoms with Crippen LogP contribution in [-0.2, 0) is 0 Å². The monoisotopic (exact) mass is 283 g/mol. The Kier molecular flexibility index (Phi) is 4.39. The number of benzene rings is 1. The highest BCUT2D eigenvalue weighted by molar-refractivity contribution is 5.61. The van der Waals surface area contributed by atoms with Crippen molar-refractivity contribution in [3.8, 4) is 5.75 Å². The fourth-order valence-corrected chi connectivity index (χ4v) is 2.66. The zero-order valence-corrected chi connectivity index (χ0v) is 11.6. The van der Waals surface area contributed by atoms with Crippen molar-refractivity contribution in [2.24, 2.45) is 0 Å². The third-order valence-electron chi connectivity index (χ3n) is 3.57. The molecule has 0 amide bonds. The van der Waals surface area contributed by atoms with E-state index in [-0.39, 0.29) is 17.5 Å². The molecule has 0 aromatic heterocycles. The standard InChI is InChI=1S/C13H18FN3O3/c1-15-8-9-4-3-5-16(9)11-7-13(20-2)12(17(18)19)6-10(11)14/h6-7,9,15H,3-5,8H2,1-2H3. The highest BCUT2D eigenvalue weighted by Gasteiger charge is 2.29. The Morgan fingerprint density at radius 1 is 1.60 bits per heavy atom. The SMILES string of the molecule is CNCC1CCCN1c1cc(OC)c([N+](=O)[O-])cc1F. The molecular weight excluding hydrogens is 265 g/mol. The largest absolute Gasteiger partial charge is 0.490 e. The second-order valence-corrected chi connectivity index (χ2v) is 4.78. The molecule has 1 atom stereocenters. The van der Waals surface area contributed by atoms with E-state index >= 15 is 0 Å². The summed E-state index contributed by atoms with van der Waals surface area (Å²) in [4.78, 5) is 12.2. The van der Waals surface area contributed by atoms with Crippen molar-refractivity contribution < 1.29 is 14.1 Å². The highest BCUT2D eigenvalue weighted by Crippen LogP contribution is 2.36. The number of hydrogen-bond acceptors (Lipinski definition) is 5. The van der Waals surface area contributed by atoms with Gasteiger partial charge in [0.1, 0.15) is 0 Å². The summed E-state index contributed by atoms with van der Waals surface area (Å²) in [5, 5.41) is 14.0. The fraction of sp³-hybridized carbons (Fsp3) is 0.538. The minimum atomic E-state index is -0.638. The van der Waals surface area contributed by atoms with Crippen LogP contribution in [0.4, 0.5) is 15.8 Å². The van der Waals surface area contributed by atoms with Crippen LogP contribution in [0.25, 0.3) is 0 Å². The number of nitrogens with one attached hydrogen (secondary N) is 1. The van der Waals surface area contributed by atoms with Crippen LogP contribution in [-0.4, -0.2) is 38.2 Å². The first-order valence-corrected chi connectivity index (χ1v) is 6.51. The van der Waals surface area contributed by atoms with Crippen molar-refractivity contribution in [3.05, 3.63) is 28.1 Å². The van der Waals surface area contributed by atoms with Crippen LogP contribution in [0.1, 0.15) is 12.8 Å². The van der Waals surface area contributed by atoms with E-state index in [1.165, 1.54) is 13.2 Å². The number of methoxy groups -OCH3 is 1. The third kappa shape index (κ3) is 2.67. The fourth-order valence-electron chi connectivity index (χ4n) is 2.66. The Hall–Kier alpha value is -1.89. The lowest BCUT2D eigenvalue weighted by Gasteiger charge is -2.27. The molecule has 0 saturated carbocycles. The summed E-state index contributed by atoms with van der Waals surface area (Å²) in [6.07, 6.45) is 1.95. The van der Waals surface area contributed by atoms with E-state index in [9.17, 15) is 14.5 Å². The zero-order valence-electron chi connectivity index (χ0n) is 11.6. The normalized spacial score (nSPS) is 18.4. The van der Waals surface area contributed by atoms with Crippen LogP contribution >= 0.6 is 0 Å². The van der Waals surface area contributed by atoms with Gasteiger partial charge in [0, 0.05) is 25.2 Å². The first-order chi connectivity index (χ1) is 9.58. The number of anilines is 1. The molecule has 1 aliphatic heterocycles. The van der Waals surface area contributed by atoms with Crippen molar-refractivity contribution in [2.45, 2.75) is 18.9 Å². The van der Waals surface area contributed by atoms with Crippen molar-refractivity contribution in [1.82, 2.24) is 5.32 Å². The molecular formula is C13H18FN3O3. The smallest absolute Gasteiger partial charge is 0.313 e. The van der Waals surface area contributed by atoms with E-state index in [0.717, 1.165) is 32.0 Å². The molecule has 1 unspecified atom stereocenters. The van der Waals surface area contributed by atoms with Gasteiger partial charge in [0.2, 0.25) is 0 Å². The minimum absolute atomic E-state index is 0.0847. The van der Waals surface area contributed by atoms with Crippen molar-refractivity contribution in [2.75, 3.05) is 32.1 Å². The second-order valence-electron chi connectivity index (χ2n) is 4.78. The Morgan fingerprint density at radius 3 is 2.95 bits per heavy atom. The molecule has 6 nitrogen and oxygen atoms in total. The Morgan fingerprint density at radius 2 is 2.35 bits per heavy atom. The lowest BCUT2D eigenvalue weighted by atomic mass is 10.2. The quantitative estimate of drug-likeness (QED) is 0.660. The zero-order chi connectivity index (χ0) is 14.7. The van der Waals surface area contributed by atoms with Gasteiger partial charge in [-0.3, -0.25) is 10.1 Å². The summed E-state index contributed by atoms with van der Waals surface area (Å²) in [6, 6.07) is 2.55. The average molecular weight is 283 g/mol. The number of ether oxygens (including phenoxy) is 1. The predicted molar refractivity (Wildman–Crippen MR) is 73.9 cm³/mol. The Bertz CT molecular complexity index is 510. The maximum atomic E-state index is 14.2. The third-order valence-corrected chi connectivity index (χ3v) is 3.57. The van der Waals surface area contributed by atoms with E-state index in [1.54, 1.807) is 0 Å². The summed E-state index contributed by atoms with van der Waals surface area (Å²) in [5.41, 5.74) is 0.0170. The van der Waals surface area contributed by atoms with Crippen molar-refractivity contribution in [1.29, 1.82) is 0 Å². The summed E-state index contributed by atoms with van der Waals surface area (Å²) in [5.74, 6) is -0.498. The van der Waals surface area contributed by atoms with Crippen LogP contribution in [0.2, 0.25) is 0 Å². The summed E-state index contributed by atoms with van der Waals surface area (Å²) < 4.78 is 19.2. The molecule has 1 aliphatic rings. The van der Waals surface area contributed by atoms with Gasteiger partial charge in [-0.05, 0) is 19.9 Å². The molecule has 0 radical (unpaired) electrons. The molecule has 1 N–H and O–H groups in total. The van der Waals surface area contributed by atoms with E-state index in [1.807, 2.05) is 11.9 Å². The van der Waals surface area contributed by atoms with Crippen molar-refractivity contribution in [3.63, 3.8) is 0 Å². The Labute approximate surface area is 116 Å². The van der Waals surface area contributed by atoms with Crippen LogP contribution < -0.4 is 15.0 Å². The van der Waals surface area contributed by atoms with Gasteiger partial charge < -0.3 is 15.0 Å². The van der Waals surface area contributed by atoms with Gasteiger partial charge in [-0.2, -0.15) is 0 Å². The van der Waals surface area contributed by atoms with Crippen LogP contribution in [0.5, 0.6) is 5.75 Å². The molecule has 7 heteroatoms. The molecule has 1 aromatic carbocycles. The molecule has 0 aliphatic carbocycles. The average Bonchev–Trinajstić information content (AvgIpc) is 2.87. The maximum absolute atomic E-state index is 14.2. The molecule has 110 valence electrons. The van der Waals surface area contributed by atoms with E-state index in [4.69, 9.17) is 4.74 Å². The van der Waals surface area contributed by atoms with Gasteiger partial charge in [0.25, 0.3) is 0 Å². The van der Waals surface area contributed by atoms with E-state index in [0.29, 0.717) is 5.69 Å². The number of nitro benzene ring substituents is 1. The maximum Gasteiger partial charge on any atom is 0.313 e. The van der Waals surface area contributed by atoms with E-state index < -0.39 is 10.7 Å². The molecule has 0 spiro atoms. The summed E-state index contributed by atoms with van der Waals surface area (Å²) in [6.45, 7) is 1.49. The number of hydrogen-bond donors (Lipinski definition) is 1. The molecule has 1 aromatic rings. The van der Waals surface area contributed by atoms with Gasteiger partial charge >= 0.3 is 5.69 Å². The van der Waals surface area contributed by atoms with Crippen LogP contribution in [0.15, 0.2) is 12.1 Å². The number of rotatable bonds is 5. The minimum Gasteiger partial charge on any atom is -0.490 e. The first-order valence-electron chi connectivity index (χ1n) is 6.51. The van der Waals surface area contributed by atoms with Gasteiger partial charge in [-0.1, -0.05) is 0 Å². The topological polar surface area (TPSA) is 67.6 Å². The molecule has 1 heterocycles. The summed E-state index contributed by atoms with van der Waals surface area (Å²) >= 11 is 0. The molecule has 1 fully saturated rings. The number of likely N-dealkylation sites (N-methyl/N-ethyl adjacent to an activating group) is 1. The lowest BCUT2D eigenvalue weighted by Crippen LogP contribution is -2.37. The van der Waals surface area contributed by atoms with Gasteiger partial charge in [-0.15, -0.1) is 0 Å². The molecule has 20 heavy (non-hydrogen) atoms. The molecule has 2 rings (SSSR count). The van der Waals surface area contributed by atoms with Gasteiger partial charge in [0.05, 0.1) is 23.8 Å². The van der Waals surface area contributed by atoms with Crippen LogP contribution in [0.3, 0.4) is 0 Å². The van der Waals surface area contributed by atoms with Crippen LogP contribution in [0, 0.1) is 15.9 Å². The van der Waals surface area contributed by atoms with Crippen molar-refractivity contribution >= 4 is 11.4 Å². The van der Waals surface area contributed by atoms with E-state index in [2.05, 4.69) is 5.32 Å². The van der Waals surface area contributed by atoms with Gasteiger partial charge in [-0.25, -0.2) is 4.39 Å². The predicted octanol–water partition coefficient (Wildman–Crippen LogP) is 1.93. The lowest BCUT2D eigenvalue weighted by molar-refractivity contribution is -0.385. The summed E-state index contributed by atoms with van der Waals surface area (Å²) in [7, 11) is 3.20. The first kappa shape index (κ1) is 14.5. The number of nitro groups is 1. The second kappa shape index (κ2) is 6.04.